The number of hydrogen-bond donors (Lipinski definition) is 1. The summed E-state index contributed by atoms with van der Waals surface area (Å²) in [5, 5.41) is 9.78. The summed E-state index contributed by atoms with van der Waals surface area (Å²) in [5.41, 5.74) is 0. The third-order valence-corrected chi connectivity index (χ3v) is 3.65. The van der Waals surface area contributed by atoms with Crippen molar-refractivity contribution in [1.29, 1.82) is 0 Å². The predicted molar refractivity (Wildman–Crippen MR) is 73.1 cm³/mol. The molecule has 2 heterocycles. The molecule has 0 fully saturated rings. The fraction of sp³-hybridized carbons (Fsp3) is 0. The number of carboxylic acids is 1. The number of thiophene rings is 1. The molecule has 0 saturated carbocycles. The van der Waals surface area contributed by atoms with E-state index in [4.69, 9.17) is 9.84 Å². The van der Waals surface area contributed by atoms with Crippen molar-refractivity contribution in [2.75, 3.05) is 0 Å². The number of pyridine rings is 1. The number of ether oxygens (including phenoxy) is 1. The number of aromatic nitrogens is 1. The first kappa shape index (κ1) is 11.7. The number of aromatic carboxylic acids is 1. The smallest absolute Gasteiger partial charge is 0.345 e. The van der Waals surface area contributed by atoms with E-state index in [1.807, 2.05) is 30.3 Å². The van der Waals surface area contributed by atoms with Crippen LogP contribution in [0.25, 0.3) is 10.1 Å². The Labute approximate surface area is 112 Å². The van der Waals surface area contributed by atoms with Crippen LogP contribution in [0.15, 0.2) is 48.8 Å². The zero-order chi connectivity index (χ0) is 13.2. The molecule has 3 aromatic rings. The van der Waals surface area contributed by atoms with Crippen LogP contribution in [0.1, 0.15) is 9.67 Å². The Balaban J connectivity index is 2.06. The maximum Gasteiger partial charge on any atom is 0.345 e. The topological polar surface area (TPSA) is 59.4 Å². The third-order valence-electron chi connectivity index (χ3n) is 2.59. The van der Waals surface area contributed by atoms with Gasteiger partial charge >= 0.3 is 5.97 Å². The summed E-state index contributed by atoms with van der Waals surface area (Å²) in [5.74, 6) is 0.319. The van der Waals surface area contributed by atoms with Gasteiger partial charge in [-0.3, -0.25) is 4.98 Å². The van der Waals surface area contributed by atoms with Gasteiger partial charge in [0.1, 0.15) is 10.6 Å². The van der Waals surface area contributed by atoms with Gasteiger partial charge in [0, 0.05) is 11.6 Å². The van der Waals surface area contributed by atoms with Crippen LogP contribution in [0.4, 0.5) is 0 Å². The van der Waals surface area contributed by atoms with E-state index >= 15 is 0 Å². The fourth-order valence-electron chi connectivity index (χ4n) is 1.74. The Kier molecular flexibility index (Phi) is 2.89. The number of carbonyl (C=O) groups is 1. The lowest BCUT2D eigenvalue weighted by Crippen LogP contribution is -1.89. The molecule has 0 aliphatic carbocycles. The minimum Gasteiger partial charge on any atom is -0.477 e. The number of nitrogens with zero attached hydrogens (tertiary/aromatic N) is 1. The second kappa shape index (κ2) is 4.70. The SMILES string of the molecule is O=C(O)c1cc2c(Oc3ccccc3)cncc2s1. The van der Waals surface area contributed by atoms with E-state index < -0.39 is 5.97 Å². The molecule has 1 aromatic carbocycles. The van der Waals surface area contributed by atoms with Crippen molar-refractivity contribution in [1.82, 2.24) is 4.98 Å². The summed E-state index contributed by atoms with van der Waals surface area (Å²) in [6.07, 6.45) is 3.23. The first-order valence-electron chi connectivity index (χ1n) is 5.58. The van der Waals surface area contributed by atoms with Crippen LogP contribution in [-0.2, 0) is 0 Å². The van der Waals surface area contributed by atoms with Crippen molar-refractivity contribution in [3.63, 3.8) is 0 Å². The van der Waals surface area contributed by atoms with Gasteiger partial charge in [-0.25, -0.2) is 4.79 Å². The minimum absolute atomic E-state index is 0.279. The Morgan fingerprint density at radius 2 is 2.00 bits per heavy atom. The molecule has 1 N–H and O–H groups in total. The molecule has 3 rings (SSSR count). The lowest BCUT2D eigenvalue weighted by Gasteiger charge is -2.05. The molecule has 0 radical (unpaired) electrons. The van der Waals surface area contributed by atoms with E-state index in [-0.39, 0.29) is 4.88 Å². The molecule has 19 heavy (non-hydrogen) atoms. The predicted octanol–water partition coefficient (Wildman–Crippen LogP) is 3.79. The largest absolute Gasteiger partial charge is 0.477 e. The fourth-order valence-corrected chi connectivity index (χ4v) is 2.62. The molecule has 5 heteroatoms. The molecule has 0 atom stereocenters. The van der Waals surface area contributed by atoms with E-state index in [0.29, 0.717) is 11.5 Å². The van der Waals surface area contributed by atoms with Crippen LogP contribution in [0.2, 0.25) is 0 Å². The van der Waals surface area contributed by atoms with Crippen LogP contribution in [-0.4, -0.2) is 16.1 Å². The van der Waals surface area contributed by atoms with Gasteiger partial charge in [-0.2, -0.15) is 0 Å². The molecule has 0 unspecified atom stereocenters. The van der Waals surface area contributed by atoms with Gasteiger partial charge in [0.15, 0.2) is 5.75 Å². The number of rotatable bonds is 3. The Hall–Kier alpha value is -2.40. The Morgan fingerprint density at radius 1 is 1.21 bits per heavy atom. The van der Waals surface area contributed by atoms with Gasteiger partial charge in [-0.1, -0.05) is 18.2 Å². The van der Waals surface area contributed by atoms with Crippen LogP contribution in [0, 0.1) is 0 Å². The van der Waals surface area contributed by atoms with Crippen molar-refractivity contribution in [2.24, 2.45) is 0 Å². The molecular formula is C14H9NO3S. The highest BCUT2D eigenvalue weighted by Crippen LogP contribution is 2.34. The lowest BCUT2D eigenvalue weighted by atomic mass is 10.3. The second-order valence-corrected chi connectivity index (χ2v) is 4.96. The van der Waals surface area contributed by atoms with Crippen LogP contribution < -0.4 is 4.74 Å². The van der Waals surface area contributed by atoms with Crippen molar-refractivity contribution in [3.8, 4) is 11.5 Å². The van der Waals surface area contributed by atoms with Crippen LogP contribution in [0.5, 0.6) is 11.5 Å². The average molecular weight is 271 g/mol. The van der Waals surface area contributed by atoms with Gasteiger partial charge in [-0.05, 0) is 18.2 Å². The maximum atomic E-state index is 11.0. The highest BCUT2D eigenvalue weighted by molar-refractivity contribution is 7.20. The Bertz CT molecular complexity index is 737. The van der Waals surface area contributed by atoms with Crippen LogP contribution >= 0.6 is 11.3 Å². The highest BCUT2D eigenvalue weighted by Gasteiger charge is 2.12. The summed E-state index contributed by atoms with van der Waals surface area (Å²) < 4.78 is 6.53. The normalized spacial score (nSPS) is 10.5. The van der Waals surface area contributed by atoms with Gasteiger partial charge in [-0.15, -0.1) is 11.3 Å². The summed E-state index contributed by atoms with van der Waals surface area (Å²) in [6.45, 7) is 0. The number of carboxylic acid groups (broad SMARTS) is 1. The quantitative estimate of drug-likeness (QED) is 0.787. The van der Waals surface area contributed by atoms with E-state index in [1.54, 1.807) is 18.5 Å². The summed E-state index contributed by atoms with van der Waals surface area (Å²) in [4.78, 5) is 15.3. The zero-order valence-electron chi connectivity index (χ0n) is 9.74. The molecule has 4 nitrogen and oxygen atoms in total. The van der Waals surface area contributed by atoms with Crippen molar-refractivity contribution >= 4 is 27.4 Å². The van der Waals surface area contributed by atoms with Gasteiger partial charge < -0.3 is 9.84 Å². The molecular weight excluding hydrogens is 262 g/mol. The van der Waals surface area contributed by atoms with Gasteiger partial charge in [0.2, 0.25) is 0 Å². The standard InChI is InChI=1S/C14H9NO3S/c16-14(17)12-6-10-11(7-15-8-13(10)19-12)18-9-4-2-1-3-5-9/h1-8H,(H,16,17). The zero-order valence-corrected chi connectivity index (χ0v) is 10.6. The number of hydrogen-bond acceptors (Lipinski definition) is 4. The van der Waals surface area contributed by atoms with Crippen molar-refractivity contribution in [3.05, 3.63) is 53.7 Å². The molecule has 0 aliphatic rings. The molecule has 0 bridgehead atoms. The molecule has 0 amide bonds. The second-order valence-electron chi connectivity index (χ2n) is 3.88. The monoisotopic (exact) mass is 271 g/mol. The van der Waals surface area contributed by atoms with Crippen molar-refractivity contribution < 1.29 is 14.6 Å². The Morgan fingerprint density at radius 3 is 2.74 bits per heavy atom. The summed E-state index contributed by atoms with van der Waals surface area (Å²) in [6, 6.07) is 10.9. The third kappa shape index (κ3) is 2.28. The van der Waals surface area contributed by atoms with E-state index in [9.17, 15) is 4.79 Å². The number of para-hydroxylation sites is 1. The van der Waals surface area contributed by atoms with Crippen LogP contribution in [0.3, 0.4) is 0 Å². The van der Waals surface area contributed by atoms with E-state index in [1.165, 1.54) is 11.3 Å². The van der Waals surface area contributed by atoms with Gasteiger partial charge in [0.05, 0.1) is 10.9 Å². The number of benzene rings is 1. The first-order chi connectivity index (χ1) is 9.24. The molecule has 0 saturated heterocycles. The molecule has 0 aliphatic heterocycles. The molecule has 94 valence electrons. The molecule has 2 aromatic heterocycles. The van der Waals surface area contributed by atoms with E-state index in [0.717, 1.165) is 10.1 Å². The highest BCUT2D eigenvalue weighted by atomic mass is 32.1. The summed E-state index contributed by atoms with van der Waals surface area (Å²) in [7, 11) is 0. The first-order valence-corrected chi connectivity index (χ1v) is 6.39. The van der Waals surface area contributed by atoms with Crippen molar-refractivity contribution in [2.45, 2.75) is 0 Å². The lowest BCUT2D eigenvalue weighted by molar-refractivity contribution is 0.0702. The van der Waals surface area contributed by atoms with E-state index in [2.05, 4.69) is 4.98 Å². The minimum atomic E-state index is -0.938. The summed E-state index contributed by atoms with van der Waals surface area (Å²) >= 11 is 1.19. The average Bonchev–Trinajstić information content (AvgIpc) is 2.85. The van der Waals surface area contributed by atoms with Gasteiger partial charge in [0.25, 0.3) is 0 Å². The maximum absolute atomic E-state index is 11.0. The molecule has 0 spiro atoms. The number of fused-ring (bicyclic) bond motifs is 1.